The summed E-state index contributed by atoms with van der Waals surface area (Å²) in [7, 11) is -3.15. The number of anilines is 1. The smallest absolute Gasteiger partial charge is 0.211 e. The average Bonchev–Trinajstić information content (AvgIpc) is 2.98. The molecule has 1 atom stereocenters. The highest BCUT2D eigenvalue weighted by molar-refractivity contribution is 7.88. The van der Waals surface area contributed by atoms with Crippen LogP contribution in [0.4, 0.5) is 5.82 Å². The van der Waals surface area contributed by atoms with Crippen molar-refractivity contribution < 1.29 is 8.42 Å². The van der Waals surface area contributed by atoms with E-state index >= 15 is 0 Å². The summed E-state index contributed by atoms with van der Waals surface area (Å²) in [5.74, 6) is 0.766. The van der Waals surface area contributed by atoms with Crippen molar-refractivity contribution in [1.29, 1.82) is 0 Å². The molecule has 8 nitrogen and oxygen atoms in total. The number of rotatable bonds is 4. The van der Waals surface area contributed by atoms with E-state index < -0.39 is 10.0 Å². The molecule has 148 valence electrons. The van der Waals surface area contributed by atoms with Crippen molar-refractivity contribution in [1.82, 2.24) is 24.2 Å². The summed E-state index contributed by atoms with van der Waals surface area (Å²) in [6, 6.07) is 6.02. The van der Waals surface area contributed by atoms with Crippen LogP contribution in [0.3, 0.4) is 0 Å². The Morgan fingerprint density at radius 3 is 2.86 bits per heavy atom. The summed E-state index contributed by atoms with van der Waals surface area (Å²) >= 11 is 0. The average molecular weight is 401 g/mol. The molecule has 1 fully saturated rings. The van der Waals surface area contributed by atoms with E-state index in [0.717, 1.165) is 53.2 Å². The van der Waals surface area contributed by atoms with Gasteiger partial charge < -0.3 is 10.3 Å². The molecule has 1 saturated heterocycles. The Labute approximate surface area is 164 Å². The molecular formula is C19H24N6O2S. The Morgan fingerprint density at radius 1 is 1.18 bits per heavy atom. The van der Waals surface area contributed by atoms with E-state index in [4.69, 9.17) is 9.97 Å². The van der Waals surface area contributed by atoms with Gasteiger partial charge in [0.25, 0.3) is 0 Å². The van der Waals surface area contributed by atoms with Gasteiger partial charge in [-0.25, -0.2) is 27.7 Å². The molecule has 3 aromatic heterocycles. The van der Waals surface area contributed by atoms with Crippen molar-refractivity contribution in [3.63, 3.8) is 0 Å². The van der Waals surface area contributed by atoms with E-state index in [2.05, 4.69) is 15.3 Å². The molecule has 0 amide bonds. The second kappa shape index (κ2) is 7.48. The fourth-order valence-electron chi connectivity index (χ4n) is 3.57. The number of aryl methyl sites for hydroxylation is 1. The first-order valence-corrected chi connectivity index (χ1v) is 11.2. The van der Waals surface area contributed by atoms with E-state index in [-0.39, 0.29) is 6.04 Å². The minimum atomic E-state index is -3.15. The third-order valence-electron chi connectivity index (χ3n) is 5.07. The fourth-order valence-corrected chi connectivity index (χ4v) is 4.47. The molecule has 3 aromatic rings. The second-order valence-corrected chi connectivity index (χ2v) is 9.23. The lowest BCUT2D eigenvalue weighted by Crippen LogP contribution is -2.31. The lowest BCUT2D eigenvalue weighted by atomic mass is 10.1. The van der Waals surface area contributed by atoms with Gasteiger partial charge in [-0.05, 0) is 44.4 Å². The van der Waals surface area contributed by atoms with E-state index in [1.54, 1.807) is 10.5 Å². The predicted octanol–water partition coefficient (Wildman–Crippen LogP) is 2.55. The summed E-state index contributed by atoms with van der Waals surface area (Å²) in [5.41, 5.74) is 4.12. The van der Waals surface area contributed by atoms with Crippen LogP contribution in [-0.2, 0) is 10.0 Å². The Morgan fingerprint density at radius 2 is 2.04 bits per heavy atom. The minimum Gasteiger partial charge on any atom is -0.367 e. The van der Waals surface area contributed by atoms with Crippen molar-refractivity contribution in [2.75, 3.05) is 24.7 Å². The summed E-state index contributed by atoms with van der Waals surface area (Å²) in [4.78, 5) is 16.9. The quantitative estimate of drug-likeness (QED) is 0.697. The maximum atomic E-state index is 11.8. The van der Waals surface area contributed by atoms with E-state index in [1.807, 2.05) is 31.3 Å². The first-order valence-electron chi connectivity index (χ1n) is 9.40. The van der Waals surface area contributed by atoms with Crippen molar-refractivity contribution in [2.45, 2.75) is 32.2 Å². The predicted molar refractivity (Wildman–Crippen MR) is 110 cm³/mol. The number of H-pyrrole nitrogens is 1. The van der Waals surface area contributed by atoms with Crippen LogP contribution in [0.5, 0.6) is 0 Å². The molecule has 9 heteroatoms. The maximum absolute atomic E-state index is 11.8. The second-order valence-electron chi connectivity index (χ2n) is 7.25. The molecule has 1 unspecified atom stereocenters. The molecule has 0 saturated carbocycles. The Kier molecular flexibility index (Phi) is 5.03. The number of hydrogen-bond donors (Lipinski definition) is 2. The van der Waals surface area contributed by atoms with Gasteiger partial charge in [-0.2, -0.15) is 0 Å². The summed E-state index contributed by atoms with van der Waals surface area (Å²) < 4.78 is 25.3. The number of sulfonamides is 1. The van der Waals surface area contributed by atoms with Crippen LogP contribution in [0.25, 0.3) is 22.4 Å². The standard InChI is InChI=1S/C19H24N6O2S/c1-13-5-6-15(17-12-21-19-16(24-17)7-9-20-19)18(22-13)23-14-4-3-10-25(11-8-14)28(2,26)27/h5-7,9,12,14H,3-4,8,10-11H2,1-2H3,(H,20,21)(H,22,23). The first kappa shape index (κ1) is 18.8. The Balaban J connectivity index is 1.60. The third-order valence-corrected chi connectivity index (χ3v) is 6.37. The summed E-state index contributed by atoms with van der Waals surface area (Å²) in [5, 5.41) is 3.53. The normalized spacial score (nSPS) is 18.9. The lowest BCUT2D eigenvalue weighted by molar-refractivity contribution is 0.427. The van der Waals surface area contributed by atoms with Gasteiger partial charge in [0.15, 0.2) is 5.65 Å². The number of fused-ring (bicyclic) bond motifs is 1. The highest BCUT2D eigenvalue weighted by Gasteiger charge is 2.23. The lowest BCUT2D eigenvalue weighted by Gasteiger charge is -2.20. The Bertz CT molecular complexity index is 1090. The van der Waals surface area contributed by atoms with Gasteiger partial charge in [-0.1, -0.05) is 0 Å². The number of nitrogens with one attached hydrogen (secondary N) is 2. The first-order chi connectivity index (χ1) is 13.4. The maximum Gasteiger partial charge on any atom is 0.211 e. The number of aromatic nitrogens is 4. The van der Waals surface area contributed by atoms with Crippen LogP contribution in [0.1, 0.15) is 25.0 Å². The molecule has 1 aliphatic heterocycles. The number of hydrogen-bond acceptors (Lipinski definition) is 6. The number of nitrogens with zero attached hydrogens (tertiary/aromatic N) is 4. The van der Waals surface area contributed by atoms with Crippen LogP contribution in [0, 0.1) is 6.92 Å². The molecular weight excluding hydrogens is 376 g/mol. The van der Waals surface area contributed by atoms with Crippen LogP contribution < -0.4 is 5.32 Å². The monoisotopic (exact) mass is 400 g/mol. The summed E-state index contributed by atoms with van der Waals surface area (Å²) in [6.45, 7) is 3.04. The zero-order chi connectivity index (χ0) is 19.7. The van der Waals surface area contributed by atoms with Gasteiger partial charge in [-0.15, -0.1) is 0 Å². The number of aromatic amines is 1. The SMILES string of the molecule is Cc1ccc(-c2cnc3[nH]ccc3n2)c(NC2CCCN(S(C)(=O)=O)CC2)n1. The molecule has 1 aliphatic rings. The van der Waals surface area contributed by atoms with E-state index in [0.29, 0.717) is 13.1 Å². The molecule has 4 heterocycles. The topological polar surface area (TPSA) is 104 Å². The van der Waals surface area contributed by atoms with Crippen molar-refractivity contribution >= 4 is 27.0 Å². The highest BCUT2D eigenvalue weighted by atomic mass is 32.2. The molecule has 2 N–H and O–H groups in total. The van der Waals surface area contributed by atoms with Gasteiger partial charge in [0.2, 0.25) is 10.0 Å². The van der Waals surface area contributed by atoms with Crippen molar-refractivity contribution in [3.8, 4) is 11.3 Å². The van der Waals surface area contributed by atoms with Gasteiger partial charge in [0.05, 0.1) is 18.1 Å². The zero-order valence-corrected chi connectivity index (χ0v) is 16.8. The molecule has 4 rings (SSSR count). The zero-order valence-electron chi connectivity index (χ0n) is 16.0. The highest BCUT2D eigenvalue weighted by Crippen LogP contribution is 2.28. The van der Waals surface area contributed by atoms with Gasteiger partial charge in [-0.3, -0.25) is 0 Å². The van der Waals surface area contributed by atoms with Crippen molar-refractivity contribution in [3.05, 3.63) is 36.3 Å². The van der Waals surface area contributed by atoms with Gasteiger partial charge >= 0.3 is 0 Å². The Hall–Kier alpha value is -2.52. The molecule has 0 radical (unpaired) electrons. The van der Waals surface area contributed by atoms with Crippen LogP contribution in [-0.4, -0.2) is 58.0 Å². The van der Waals surface area contributed by atoms with Gasteiger partial charge in [0, 0.05) is 36.6 Å². The largest absolute Gasteiger partial charge is 0.367 e. The molecule has 0 aromatic carbocycles. The minimum absolute atomic E-state index is 0.156. The van der Waals surface area contributed by atoms with E-state index in [9.17, 15) is 8.42 Å². The number of pyridine rings is 1. The van der Waals surface area contributed by atoms with Gasteiger partial charge in [0.1, 0.15) is 11.3 Å². The van der Waals surface area contributed by atoms with Crippen LogP contribution in [0.15, 0.2) is 30.6 Å². The third kappa shape index (κ3) is 4.00. The van der Waals surface area contributed by atoms with Crippen LogP contribution in [0.2, 0.25) is 0 Å². The molecule has 0 spiro atoms. The van der Waals surface area contributed by atoms with Crippen molar-refractivity contribution in [2.24, 2.45) is 0 Å². The van der Waals surface area contributed by atoms with Crippen LogP contribution >= 0.6 is 0 Å². The summed E-state index contributed by atoms with van der Waals surface area (Å²) in [6.07, 6.45) is 7.29. The molecule has 0 bridgehead atoms. The molecule has 28 heavy (non-hydrogen) atoms. The molecule has 0 aliphatic carbocycles. The van der Waals surface area contributed by atoms with E-state index in [1.165, 1.54) is 6.26 Å². The fraction of sp³-hybridized carbons (Fsp3) is 0.421.